The molecule has 1 saturated carbocycles. The first-order valence-corrected chi connectivity index (χ1v) is 7.18. The molecule has 1 aromatic rings. The van der Waals surface area contributed by atoms with Gasteiger partial charge in [-0.25, -0.2) is 0 Å². The van der Waals surface area contributed by atoms with Crippen molar-refractivity contribution in [1.82, 2.24) is 9.88 Å². The Balaban J connectivity index is 1.74. The summed E-state index contributed by atoms with van der Waals surface area (Å²) >= 11 is 0. The molecule has 1 aliphatic carbocycles. The van der Waals surface area contributed by atoms with Crippen LogP contribution in [0.5, 0.6) is 0 Å². The van der Waals surface area contributed by atoms with Crippen molar-refractivity contribution >= 4 is 0 Å². The van der Waals surface area contributed by atoms with Gasteiger partial charge in [-0.2, -0.15) is 0 Å². The molecule has 3 nitrogen and oxygen atoms in total. The van der Waals surface area contributed by atoms with Gasteiger partial charge in [0.1, 0.15) is 0 Å². The van der Waals surface area contributed by atoms with Crippen LogP contribution >= 0.6 is 0 Å². The molecule has 1 aromatic heterocycles. The van der Waals surface area contributed by atoms with Gasteiger partial charge >= 0.3 is 0 Å². The van der Waals surface area contributed by atoms with E-state index in [0.29, 0.717) is 18.0 Å². The van der Waals surface area contributed by atoms with Crippen LogP contribution in [0.2, 0.25) is 0 Å². The van der Waals surface area contributed by atoms with Gasteiger partial charge < -0.3 is 5.73 Å². The maximum Gasteiger partial charge on any atom is 0.0644 e. The Morgan fingerprint density at radius 1 is 1.28 bits per heavy atom. The number of hydrogen-bond acceptors (Lipinski definition) is 3. The van der Waals surface area contributed by atoms with E-state index in [0.717, 1.165) is 5.69 Å². The highest BCUT2D eigenvalue weighted by Crippen LogP contribution is 2.46. The van der Waals surface area contributed by atoms with Crippen LogP contribution in [0.25, 0.3) is 0 Å². The molecule has 0 radical (unpaired) electrons. The largest absolute Gasteiger partial charge is 0.329 e. The van der Waals surface area contributed by atoms with Gasteiger partial charge in [-0.05, 0) is 43.4 Å². The first-order valence-electron chi connectivity index (χ1n) is 7.18. The Kier molecular flexibility index (Phi) is 3.35. The van der Waals surface area contributed by atoms with Crippen molar-refractivity contribution in [2.75, 3.05) is 19.6 Å². The molecule has 2 heterocycles. The van der Waals surface area contributed by atoms with E-state index in [2.05, 4.69) is 22.0 Å². The van der Waals surface area contributed by atoms with Crippen LogP contribution < -0.4 is 5.73 Å². The van der Waals surface area contributed by atoms with Gasteiger partial charge in [0.05, 0.1) is 11.7 Å². The van der Waals surface area contributed by atoms with Crippen molar-refractivity contribution < 1.29 is 0 Å². The SMILES string of the molecule is NCC(c1ccccn1)N1CCC2(CCCC2)C1. The molecule has 0 aromatic carbocycles. The van der Waals surface area contributed by atoms with E-state index in [9.17, 15) is 0 Å². The van der Waals surface area contributed by atoms with Crippen LogP contribution in [0.1, 0.15) is 43.8 Å². The summed E-state index contributed by atoms with van der Waals surface area (Å²) < 4.78 is 0. The summed E-state index contributed by atoms with van der Waals surface area (Å²) in [7, 11) is 0. The van der Waals surface area contributed by atoms with Crippen molar-refractivity contribution in [3.8, 4) is 0 Å². The van der Waals surface area contributed by atoms with Gasteiger partial charge in [0.2, 0.25) is 0 Å². The third-order valence-electron chi connectivity index (χ3n) is 4.83. The zero-order valence-corrected chi connectivity index (χ0v) is 11.0. The molecule has 0 amide bonds. The lowest BCUT2D eigenvalue weighted by Crippen LogP contribution is -2.34. The Morgan fingerprint density at radius 3 is 2.78 bits per heavy atom. The second kappa shape index (κ2) is 4.98. The zero-order chi connectivity index (χ0) is 12.4. The third kappa shape index (κ3) is 2.17. The molecule has 18 heavy (non-hydrogen) atoms. The number of likely N-dealkylation sites (tertiary alicyclic amines) is 1. The van der Waals surface area contributed by atoms with E-state index in [1.54, 1.807) is 0 Å². The summed E-state index contributed by atoms with van der Waals surface area (Å²) in [5, 5.41) is 0. The molecule has 2 fully saturated rings. The predicted molar refractivity (Wildman–Crippen MR) is 73.1 cm³/mol. The van der Waals surface area contributed by atoms with Gasteiger partial charge in [-0.15, -0.1) is 0 Å². The average Bonchev–Trinajstić information content (AvgIpc) is 3.03. The Hall–Kier alpha value is -0.930. The fourth-order valence-corrected chi connectivity index (χ4v) is 3.80. The summed E-state index contributed by atoms with van der Waals surface area (Å²) in [5.41, 5.74) is 7.74. The number of nitrogens with two attached hydrogens (primary N) is 1. The van der Waals surface area contributed by atoms with E-state index >= 15 is 0 Å². The predicted octanol–water partition coefficient (Wildman–Crippen LogP) is 2.35. The van der Waals surface area contributed by atoms with E-state index in [4.69, 9.17) is 5.73 Å². The number of nitrogens with zero attached hydrogens (tertiary/aromatic N) is 2. The number of hydrogen-bond donors (Lipinski definition) is 1. The Labute approximate surface area is 109 Å². The lowest BCUT2D eigenvalue weighted by atomic mass is 9.85. The summed E-state index contributed by atoms with van der Waals surface area (Å²) in [6, 6.07) is 6.45. The molecule has 98 valence electrons. The number of pyridine rings is 1. The fraction of sp³-hybridized carbons (Fsp3) is 0.667. The second-order valence-electron chi connectivity index (χ2n) is 5.93. The summed E-state index contributed by atoms with van der Waals surface area (Å²) in [5.74, 6) is 0. The molecule has 0 bridgehead atoms. The molecule has 1 atom stereocenters. The molecule has 1 unspecified atom stereocenters. The molecule has 3 heteroatoms. The maximum atomic E-state index is 5.99. The number of rotatable bonds is 3. The fourth-order valence-electron chi connectivity index (χ4n) is 3.80. The van der Waals surface area contributed by atoms with Crippen molar-refractivity contribution in [3.05, 3.63) is 30.1 Å². The van der Waals surface area contributed by atoms with E-state index in [1.807, 2.05) is 12.3 Å². The van der Waals surface area contributed by atoms with Crippen molar-refractivity contribution in [3.63, 3.8) is 0 Å². The standard InChI is InChI=1S/C15H23N3/c16-11-14(13-5-1-4-9-17-13)18-10-8-15(12-18)6-2-3-7-15/h1,4-5,9,14H,2-3,6-8,10-12,16H2. The topological polar surface area (TPSA) is 42.1 Å². The normalized spacial score (nSPS) is 24.7. The first kappa shape index (κ1) is 12.1. The van der Waals surface area contributed by atoms with Gasteiger partial charge in [0.15, 0.2) is 0 Å². The van der Waals surface area contributed by atoms with E-state index in [-0.39, 0.29) is 0 Å². The van der Waals surface area contributed by atoms with Crippen molar-refractivity contribution in [2.24, 2.45) is 11.1 Å². The van der Waals surface area contributed by atoms with Gasteiger partial charge in [-0.3, -0.25) is 9.88 Å². The van der Waals surface area contributed by atoms with Crippen LogP contribution in [-0.4, -0.2) is 29.5 Å². The smallest absolute Gasteiger partial charge is 0.0644 e. The average molecular weight is 245 g/mol. The molecule has 1 aliphatic heterocycles. The highest BCUT2D eigenvalue weighted by molar-refractivity contribution is 5.11. The zero-order valence-electron chi connectivity index (χ0n) is 11.0. The second-order valence-corrected chi connectivity index (χ2v) is 5.93. The minimum atomic E-state index is 0.311. The highest BCUT2D eigenvalue weighted by atomic mass is 15.2. The van der Waals surface area contributed by atoms with E-state index < -0.39 is 0 Å². The van der Waals surface area contributed by atoms with Crippen LogP contribution in [0, 0.1) is 5.41 Å². The van der Waals surface area contributed by atoms with Gasteiger partial charge in [-0.1, -0.05) is 18.9 Å². The minimum absolute atomic E-state index is 0.311. The molecule has 1 saturated heterocycles. The quantitative estimate of drug-likeness (QED) is 0.889. The molecule has 3 rings (SSSR count). The molecule has 2 aliphatic rings. The monoisotopic (exact) mass is 245 g/mol. The van der Waals surface area contributed by atoms with Crippen LogP contribution in [0.3, 0.4) is 0 Å². The molecular formula is C15H23N3. The molecule has 2 N–H and O–H groups in total. The third-order valence-corrected chi connectivity index (χ3v) is 4.83. The van der Waals surface area contributed by atoms with Crippen molar-refractivity contribution in [1.29, 1.82) is 0 Å². The van der Waals surface area contributed by atoms with Crippen LogP contribution in [0.4, 0.5) is 0 Å². The minimum Gasteiger partial charge on any atom is -0.329 e. The Bertz CT molecular complexity index is 384. The lowest BCUT2D eigenvalue weighted by molar-refractivity contribution is 0.205. The molecular weight excluding hydrogens is 222 g/mol. The van der Waals surface area contributed by atoms with Crippen LogP contribution in [0.15, 0.2) is 24.4 Å². The maximum absolute atomic E-state index is 5.99. The van der Waals surface area contributed by atoms with Crippen LogP contribution in [-0.2, 0) is 0 Å². The van der Waals surface area contributed by atoms with E-state index in [1.165, 1.54) is 45.2 Å². The number of aromatic nitrogens is 1. The molecule has 1 spiro atoms. The first-order chi connectivity index (χ1) is 8.83. The summed E-state index contributed by atoms with van der Waals surface area (Å²) in [6.07, 6.45) is 8.91. The van der Waals surface area contributed by atoms with Crippen molar-refractivity contribution in [2.45, 2.75) is 38.1 Å². The van der Waals surface area contributed by atoms with Gasteiger partial charge in [0.25, 0.3) is 0 Å². The summed E-state index contributed by atoms with van der Waals surface area (Å²) in [6.45, 7) is 3.09. The highest BCUT2D eigenvalue weighted by Gasteiger charge is 2.42. The summed E-state index contributed by atoms with van der Waals surface area (Å²) in [4.78, 5) is 7.05. The Morgan fingerprint density at radius 2 is 2.11 bits per heavy atom. The van der Waals surface area contributed by atoms with Gasteiger partial charge in [0, 0.05) is 19.3 Å². The lowest BCUT2D eigenvalue weighted by Gasteiger charge is -2.29.